The van der Waals surface area contributed by atoms with E-state index >= 15 is 0 Å². The Bertz CT molecular complexity index is 493. The van der Waals surface area contributed by atoms with Gasteiger partial charge < -0.3 is 10.1 Å². The lowest BCUT2D eigenvalue weighted by Crippen LogP contribution is -2.25. The molecular weight excluding hydrogens is 299 g/mol. The molecule has 1 aliphatic rings. The zero-order valence-electron chi connectivity index (χ0n) is 9.92. The first-order chi connectivity index (χ1) is 8.74. The summed E-state index contributed by atoms with van der Waals surface area (Å²) >= 11 is 11.8. The van der Waals surface area contributed by atoms with Crippen LogP contribution in [0.1, 0.15) is 13.3 Å². The van der Waals surface area contributed by atoms with E-state index in [1.165, 1.54) is 24.3 Å². The quantitative estimate of drug-likeness (QED) is 0.859. The van der Waals surface area contributed by atoms with Crippen molar-refractivity contribution >= 4 is 34.8 Å². The van der Waals surface area contributed by atoms with Crippen molar-refractivity contribution in [2.24, 2.45) is 5.41 Å². The van der Waals surface area contributed by atoms with Gasteiger partial charge in [-0.05, 0) is 37.6 Å². The first-order valence-corrected chi connectivity index (χ1v) is 6.24. The van der Waals surface area contributed by atoms with E-state index in [0.717, 1.165) is 0 Å². The van der Waals surface area contributed by atoms with Crippen molar-refractivity contribution in [3.05, 3.63) is 24.3 Å². The zero-order valence-corrected chi connectivity index (χ0v) is 11.4. The molecule has 1 aromatic rings. The molecule has 1 saturated carbocycles. The molecule has 2 rings (SSSR count). The Morgan fingerprint density at radius 1 is 1.37 bits per heavy atom. The lowest BCUT2D eigenvalue weighted by atomic mass is 10.1. The lowest BCUT2D eigenvalue weighted by Gasteiger charge is -2.13. The van der Waals surface area contributed by atoms with E-state index in [-0.39, 0.29) is 11.7 Å². The molecule has 1 fully saturated rings. The Morgan fingerprint density at radius 2 is 1.89 bits per heavy atom. The molecule has 0 aliphatic heterocycles. The summed E-state index contributed by atoms with van der Waals surface area (Å²) in [4.78, 5) is 11.9. The van der Waals surface area contributed by atoms with Gasteiger partial charge >= 0.3 is 6.61 Å². The predicted molar refractivity (Wildman–Crippen MR) is 68.9 cm³/mol. The number of alkyl halides is 4. The third-order valence-corrected chi connectivity index (χ3v) is 4.20. The van der Waals surface area contributed by atoms with Crippen LogP contribution in [0.4, 0.5) is 14.5 Å². The van der Waals surface area contributed by atoms with Gasteiger partial charge in [0.2, 0.25) is 5.91 Å². The van der Waals surface area contributed by atoms with Gasteiger partial charge in [-0.2, -0.15) is 8.78 Å². The summed E-state index contributed by atoms with van der Waals surface area (Å²) in [6, 6.07) is 5.61. The molecule has 1 N–H and O–H groups in total. The molecule has 1 atom stereocenters. The van der Waals surface area contributed by atoms with Gasteiger partial charge in [-0.3, -0.25) is 4.79 Å². The summed E-state index contributed by atoms with van der Waals surface area (Å²) < 4.78 is 27.1. The summed E-state index contributed by atoms with van der Waals surface area (Å²) in [6.07, 6.45) is 0.377. The highest BCUT2D eigenvalue weighted by atomic mass is 35.5. The number of carbonyl (C=O) groups excluding carboxylic acids is 1. The SMILES string of the molecule is CC1(C(=O)Nc2ccc(OC(F)F)cc2)CC1(Cl)Cl. The van der Waals surface area contributed by atoms with E-state index in [0.29, 0.717) is 12.1 Å². The van der Waals surface area contributed by atoms with Crippen LogP contribution in [-0.2, 0) is 4.79 Å². The summed E-state index contributed by atoms with van der Waals surface area (Å²) in [5.74, 6) is -0.283. The van der Waals surface area contributed by atoms with Gasteiger partial charge in [0, 0.05) is 5.69 Å². The van der Waals surface area contributed by atoms with Gasteiger partial charge in [0.25, 0.3) is 0 Å². The Hall–Kier alpha value is -1.07. The molecule has 1 amide bonds. The van der Waals surface area contributed by atoms with E-state index in [1.807, 2.05) is 0 Å². The zero-order chi connectivity index (χ0) is 14.3. The predicted octanol–water partition coefficient (Wildman–Crippen LogP) is 3.81. The van der Waals surface area contributed by atoms with Crippen LogP contribution < -0.4 is 10.1 Å². The second-order valence-electron chi connectivity index (χ2n) is 4.57. The van der Waals surface area contributed by atoms with E-state index in [4.69, 9.17) is 23.2 Å². The van der Waals surface area contributed by atoms with Crippen LogP contribution in [0.3, 0.4) is 0 Å². The molecule has 0 bridgehead atoms. The second kappa shape index (κ2) is 4.80. The van der Waals surface area contributed by atoms with Crippen molar-refractivity contribution < 1.29 is 18.3 Å². The van der Waals surface area contributed by atoms with E-state index in [2.05, 4.69) is 10.1 Å². The number of amides is 1. The first kappa shape index (κ1) is 14.3. The van der Waals surface area contributed by atoms with Crippen LogP contribution in [0.15, 0.2) is 24.3 Å². The Morgan fingerprint density at radius 3 is 2.32 bits per heavy atom. The van der Waals surface area contributed by atoms with E-state index in [1.54, 1.807) is 6.92 Å². The molecule has 7 heteroatoms. The van der Waals surface area contributed by atoms with Crippen molar-refractivity contribution in [1.29, 1.82) is 0 Å². The van der Waals surface area contributed by atoms with Crippen molar-refractivity contribution in [1.82, 2.24) is 0 Å². The van der Waals surface area contributed by atoms with Gasteiger partial charge in [0.05, 0.1) is 5.41 Å². The monoisotopic (exact) mass is 309 g/mol. The molecule has 1 unspecified atom stereocenters. The number of hydrogen-bond donors (Lipinski definition) is 1. The van der Waals surface area contributed by atoms with Gasteiger partial charge in [-0.25, -0.2) is 0 Å². The smallest absolute Gasteiger partial charge is 0.387 e. The van der Waals surface area contributed by atoms with Crippen molar-refractivity contribution in [2.75, 3.05) is 5.32 Å². The van der Waals surface area contributed by atoms with Gasteiger partial charge in [0.1, 0.15) is 10.1 Å². The average molecular weight is 310 g/mol. The first-order valence-electron chi connectivity index (χ1n) is 5.49. The number of hydrogen-bond acceptors (Lipinski definition) is 2. The molecule has 0 spiro atoms. The highest BCUT2D eigenvalue weighted by Crippen LogP contribution is 2.64. The molecule has 0 aromatic heterocycles. The number of anilines is 1. The molecule has 104 valence electrons. The van der Waals surface area contributed by atoms with Crippen LogP contribution in [0.5, 0.6) is 5.75 Å². The van der Waals surface area contributed by atoms with Crippen LogP contribution >= 0.6 is 23.2 Å². The average Bonchev–Trinajstić information content (AvgIpc) is 2.82. The van der Waals surface area contributed by atoms with Crippen LogP contribution in [0, 0.1) is 5.41 Å². The van der Waals surface area contributed by atoms with Crippen LogP contribution in [0.2, 0.25) is 0 Å². The Balaban J connectivity index is 1.99. The molecule has 3 nitrogen and oxygen atoms in total. The fourth-order valence-electron chi connectivity index (χ4n) is 1.63. The van der Waals surface area contributed by atoms with Crippen molar-refractivity contribution in [3.8, 4) is 5.75 Å². The minimum atomic E-state index is -2.88. The fourth-order valence-corrected chi connectivity index (χ4v) is 2.34. The largest absolute Gasteiger partial charge is 0.435 e. The summed E-state index contributed by atoms with van der Waals surface area (Å²) in [5.41, 5.74) is -0.363. The standard InChI is InChI=1S/C12H11Cl2F2NO2/c1-11(6-12(11,13)14)9(18)17-7-2-4-8(5-3-7)19-10(15)16/h2-5,10H,6H2,1H3,(H,17,18). The topological polar surface area (TPSA) is 38.3 Å². The van der Waals surface area contributed by atoms with E-state index in [9.17, 15) is 13.6 Å². The molecule has 1 aromatic carbocycles. The number of benzene rings is 1. The molecule has 0 heterocycles. The summed E-state index contributed by atoms with van der Waals surface area (Å²) in [7, 11) is 0. The third-order valence-electron chi connectivity index (χ3n) is 3.10. The normalized spacial score (nSPS) is 24.1. The maximum Gasteiger partial charge on any atom is 0.387 e. The Kier molecular flexibility index (Phi) is 3.62. The highest BCUT2D eigenvalue weighted by Gasteiger charge is 2.67. The minimum Gasteiger partial charge on any atom is -0.435 e. The lowest BCUT2D eigenvalue weighted by molar-refractivity contribution is -0.120. The second-order valence-corrected chi connectivity index (χ2v) is 6.05. The maximum absolute atomic E-state index is 12.0. The third kappa shape index (κ3) is 2.92. The number of halogens is 4. The molecule has 1 aliphatic carbocycles. The summed E-state index contributed by atoms with van der Waals surface area (Å²) in [6.45, 7) is -1.21. The number of ether oxygens (including phenoxy) is 1. The van der Waals surface area contributed by atoms with Crippen LogP contribution in [-0.4, -0.2) is 16.9 Å². The van der Waals surface area contributed by atoms with Gasteiger partial charge in [-0.15, -0.1) is 23.2 Å². The molecular formula is C12H11Cl2F2NO2. The number of carbonyl (C=O) groups is 1. The van der Waals surface area contributed by atoms with Gasteiger partial charge in [0.15, 0.2) is 0 Å². The summed E-state index contributed by atoms with van der Waals surface area (Å²) in [5, 5.41) is 2.63. The van der Waals surface area contributed by atoms with Crippen molar-refractivity contribution in [2.45, 2.75) is 24.3 Å². The fraction of sp³-hybridized carbons (Fsp3) is 0.417. The molecule has 0 saturated heterocycles. The minimum absolute atomic E-state index is 0.0228. The van der Waals surface area contributed by atoms with Crippen molar-refractivity contribution in [3.63, 3.8) is 0 Å². The van der Waals surface area contributed by atoms with Crippen LogP contribution in [0.25, 0.3) is 0 Å². The maximum atomic E-state index is 12.0. The highest BCUT2D eigenvalue weighted by molar-refractivity contribution is 6.53. The number of nitrogens with one attached hydrogen (secondary N) is 1. The molecule has 19 heavy (non-hydrogen) atoms. The molecule has 0 radical (unpaired) electrons. The number of rotatable bonds is 4. The Labute approximate surface area is 118 Å². The van der Waals surface area contributed by atoms with E-state index < -0.39 is 16.4 Å². The van der Waals surface area contributed by atoms with Gasteiger partial charge in [-0.1, -0.05) is 0 Å².